The van der Waals surface area contributed by atoms with Gasteiger partial charge in [0.1, 0.15) is 17.8 Å². The van der Waals surface area contributed by atoms with E-state index in [2.05, 4.69) is 25.5 Å². The molecule has 9 heteroatoms. The molecule has 3 aromatic heterocycles. The van der Waals surface area contributed by atoms with Crippen LogP contribution >= 0.6 is 0 Å². The van der Waals surface area contributed by atoms with Crippen LogP contribution in [0.2, 0.25) is 0 Å². The fraction of sp³-hybridized carbons (Fsp3) is 0.346. The normalized spacial score (nSPS) is 16.1. The van der Waals surface area contributed by atoms with Gasteiger partial charge in [-0.05, 0) is 62.4 Å². The summed E-state index contributed by atoms with van der Waals surface area (Å²) in [6.45, 7) is 1.84. The van der Waals surface area contributed by atoms with Gasteiger partial charge in [0.25, 0.3) is 5.91 Å². The maximum atomic E-state index is 14.9. The Bertz CT molecular complexity index is 1400. The molecular weight excluding hydrogens is 445 g/mol. The summed E-state index contributed by atoms with van der Waals surface area (Å²) >= 11 is 0. The molecule has 1 aromatic carbocycles. The third-order valence-corrected chi connectivity index (χ3v) is 6.97. The minimum absolute atomic E-state index is 0.0890. The van der Waals surface area contributed by atoms with Crippen LogP contribution in [0.4, 0.5) is 10.1 Å². The summed E-state index contributed by atoms with van der Waals surface area (Å²) in [4.78, 5) is 22.2. The summed E-state index contributed by atoms with van der Waals surface area (Å²) < 4.78 is 18.8. The van der Waals surface area contributed by atoms with E-state index in [0.717, 1.165) is 55.5 Å². The molecule has 1 amide bonds. The van der Waals surface area contributed by atoms with Crippen LogP contribution in [0, 0.1) is 12.7 Å². The average molecular weight is 472 g/mol. The molecule has 2 fully saturated rings. The number of carbonyl (C=O) groups is 1. The molecule has 0 saturated heterocycles. The van der Waals surface area contributed by atoms with Crippen molar-refractivity contribution in [3.8, 4) is 17.1 Å². The highest BCUT2D eigenvalue weighted by Gasteiger charge is 2.27. The van der Waals surface area contributed by atoms with Crippen molar-refractivity contribution in [3.05, 3.63) is 72.1 Å². The van der Waals surface area contributed by atoms with Gasteiger partial charge in [0, 0.05) is 24.4 Å². The molecule has 0 unspecified atom stereocenters. The third-order valence-electron chi connectivity index (χ3n) is 6.97. The molecule has 0 bridgehead atoms. The molecule has 0 aliphatic heterocycles. The van der Waals surface area contributed by atoms with Crippen molar-refractivity contribution in [1.29, 1.82) is 0 Å². The number of halogens is 1. The standard InChI is InChI=1S/C26H26FN7O/c1-16-11-20(27)21(12-23(16)33-13-22(29-14-33)17-8-9-17)31-26(35)24-19(7-4-10-28-24)25-32-30-15-34(25)18-5-2-3-6-18/h4,7,10-15,17-18H,2-3,5-6,8-9H2,1H3,(H,31,35). The Morgan fingerprint density at radius 2 is 1.94 bits per heavy atom. The van der Waals surface area contributed by atoms with Crippen LogP contribution in [0.3, 0.4) is 0 Å². The van der Waals surface area contributed by atoms with Gasteiger partial charge >= 0.3 is 0 Å². The van der Waals surface area contributed by atoms with Crippen molar-refractivity contribution in [3.63, 3.8) is 0 Å². The number of nitrogens with zero attached hydrogens (tertiary/aromatic N) is 6. The van der Waals surface area contributed by atoms with Crippen molar-refractivity contribution >= 4 is 11.6 Å². The van der Waals surface area contributed by atoms with Crippen molar-refractivity contribution in [2.24, 2.45) is 0 Å². The van der Waals surface area contributed by atoms with E-state index < -0.39 is 11.7 Å². The summed E-state index contributed by atoms with van der Waals surface area (Å²) in [5.41, 5.74) is 3.41. The number of hydrogen-bond acceptors (Lipinski definition) is 5. The molecule has 1 N–H and O–H groups in total. The number of benzene rings is 1. The minimum atomic E-state index is -0.506. The number of pyridine rings is 1. The van der Waals surface area contributed by atoms with Gasteiger partial charge in [0.05, 0.1) is 29.0 Å². The predicted molar refractivity (Wildman–Crippen MR) is 129 cm³/mol. The number of nitrogens with one attached hydrogen (secondary N) is 1. The van der Waals surface area contributed by atoms with Crippen molar-refractivity contribution in [1.82, 2.24) is 29.3 Å². The molecule has 6 rings (SSSR count). The summed E-state index contributed by atoms with van der Waals surface area (Å²) in [5.74, 6) is 0.115. The highest BCUT2D eigenvalue weighted by atomic mass is 19.1. The van der Waals surface area contributed by atoms with Crippen molar-refractivity contribution in [2.45, 2.75) is 57.4 Å². The van der Waals surface area contributed by atoms with E-state index in [1.807, 2.05) is 22.3 Å². The molecule has 2 aliphatic rings. The number of imidazole rings is 1. The van der Waals surface area contributed by atoms with Gasteiger partial charge in [-0.3, -0.25) is 9.78 Å². The van der Waals surface area contributed by atoms with E-state index in [0.29, 0.717) is 23.3 Å². The van der Waals surface area contributed by atoms with Gasteiger partial charge in [-0.2, -0.15) is 0 Å². The third kappa shape index (κ3) is 4.11. The van der Waals surface area contributed by atoms with Crippen LogP contribution in [0.25, 0.3) is 17.1 Å². The van der Waals surface area contributed by atoms with E-state index >= 15 is 0 Å². The summed E-state index contributed by atoms with van der Waals surface area (Å²) in [5, 5.41) is 11.1. The van der Waals surface area contributed by atoms with Gasteiger partial charge in [0.15, 0.2) is 5.82 Å². The molecule has 0 atom stereocenters. The first-order valence-corrected chi connectivity index (χ1v) is 12.1. The lowest BCUT2D eigenvalue weighted by Crippen LogP contribution is -2.17. The Balaban J connectivity index is 1.31. The SMILES string of the molecule is Cc1cc(F)c(NC(=O)c2ncccc2-c2nncn2C2CCCC2)cc1-n1cnc(C2CC2)c1. The zero-order valence-electron chi connectivity index (χ0n) is 19.5. The first-order valence-electron chi connectivity index (χ1n) is 12.1. The fourth-order valence-corrected chi connectivity index (χ4v) is 4.93. The maximum Gasteiger partial charge on any atom is 0.275 e. The Hall–Kier alpha value is -3.88. The lowest BCUT2D eigenvalue weighted by atomic mass is 10.1. The number of amides is 1. The van der Waals surface area contributed by atoms with Crippen LogP contribution in [0.5, 0.6) is 0 Å². The largest absolute Gasteiger partial charge is 0.318 e. The Kier molecular flexibility index (Phi) is 5.39. The Morgan fingerprint density at radius 1 is 1.11 bits per heavy atom. The Labute approximate surface area is 202 Å². The number of carbonyl (C=O) groups excluding carboxylic acids is 1. The van der Waals surface area contributed by atoms with Crippen LogP contribution in [0.1, 0.15) is 72.2 Å². The molecule has 2 aliphatic carbocycles. The molecule has 3 heterocycles. The van der Waals surface area contributed by atoms with Crippen molar-refractivity contribution in [2.75, 3.05) is 5.32 Å². The second kappa shape index (κ2) is 8.72. The van der Waals surface area contributed by atoms with Crippen LogP contribution in [-0.2, 0) is 0 Å². The summed E-state index contributed by atoms with van der Waals surface area (Å²) in [7, 11) is 0. The summed E-state index contributed by atoms with van der Waals surface area (Å²) in [6.07, 6.45) is 13.7. The second-order valence-corrected chi connectivity index (χ2v) is 9.45. The molecule has 0 spiro atoms. The first-order chi connectivity index (χ1) is 17.1. The van der Waals surface area contributed by atoms with Gasteiger partial charge < -0.3 is 14.5 Å². The summed E-state index contributed by atoms with van der Waals surface area (Å²) in [6, 6.07) is 6.95. The van der Waals surface area contributed by atoms with Gasteiger partial charge in [-0.1, -0.05) is 12.8 Å². The molecule has 8 nitrogen and oxygen atoms in total. The van der Waals surface area contributed by atoms with E-state index in [-0.39, 0.29) is 11.4 Å². The lowest BCUT2D eigenvalue weighted by molar-refractivity contribution is 0.102. The van der Waals surface area contributed by atoms with E-state index in [9.17, 15) is 9.18 Å². The van der Waals surface area contributed by atoms with Crippen LogP contribution in [-0.4, -0.2) is 35.2 Å². The van der Waals surface area contributed by atoms with Crippen molar-refractivity contribution < 1.29 is 9.18 Å². The first kappa shape index (κ1) is 21.6. The molecule has 178 valence electrons. The van der Waals surface area contributed by atoms with Gasteiger partial charge in [-0.15, -0.1) is 10.2 Å². The predicted octanol–water partition coefficient (Wildman–Crippen LogP) is 5.22. The second-order valence-electron chi connectivity index (χ2n) is 9.45. The highest BCUT2D eigenvalue weighted by molar-refractivity contribution is 6.07. The maximum absolute atomic E-state index is 14.9. The highest BCUT2D eigenvalue weighted by Crippen LogP contribution is 2.39. The number of anilines is 1. The minimum Gasteiger partial charge on any atom is -0.318 e. The fourth-order valence-electron chi connectivity index (χ4n) is 4.93. The molecule has 35 heavy (non-hydrogen) atoms. The topological polar surface area (TPSA) is 90.5 Å². The molecule has 4 aromatic rings. The number of hydrogen-bond donors (Lipinski definition) is 1. The Morgan fingerprint density at radius 3 is 2.74 bits per heavy atom. The number of aromatic nitrogens is 6. The lowest BCUT2D eigenvalue weighted by Gasteiger charge is -2.16. The van der Waals surface area contributed by atoms with Gasteiger partial charge in [-0.25, -0.2) is 9.37 Å². The average Bonchev–Trinajstić information content (AvgIpc) is 3.25. The quantitative estimate of drug-likeness (QED) is 0.416. The van der Waals surface area contributed by atoms with Crippen LogP contribution < -0.4 is 5.32 Å². The van der Waals surface area contributed by atoms with E-state index in [1.54, 1.807) is 37.1 Å². The number of rotatable bonds is 6. The zero-order valence-corrected chi connectivity index (χ0v) is 19.5. The number of aryl methyl sites for hydroxylation is 1. The van der Waals surface area contributed by atoms with Crippen LogP contribution in [0.15, 0.2) is 49.3 Å². The van der Waals surface area contributed by atoms with E-state index in [1.165, 1.54) is 6.07 Å². The molecule has 0 radical (unpaired) electrons. The van der Waals surface area contributed by atoms with E-state index in [4.69, 9.17) is 0 Å². The van der Waals surface area contributed by atoms with Gasteiger partial charge in [0.2, 0.25) is 0 Å². The smallest absolute Gasteiger partial charge is 0.275 e. The molecular formula is C26H26FN7O. The zero-order chi connectivity index (χ0) is 23.9. The molecule has 2 saturated carbocycles. The monoisotopic (exact) mass is 471 g/mol.